The molecular weight excluding hydrogens is 421 g/mol. The third-order valence-corrected chi connectivity index (χ3v) is 4.82. The van der Waals surface area contributed by atoms with Crippen LogP contribution in [-0.4, -0.2) is 26.3 Å². The summed E-state index contributed by atoms with van der Waals surface area (Å²) in [4.78, 5) is 8.83. The van der Waals surface area contributed by atoms with E-state index in [0.717, 1.165) is 0 Å². The maximum atomic E-state index is 14.1. The molecule has 0 bridgehead atoms. The zero-order valence-electron chi connectivity index (χ0n) is 16.5. The van der Waals surface area contributed by atoms with Gasteiger partial charge in [-0.2, -0.15) is 8.78 Å². The summed E-state index contributed by atoms with van der Waals surface area (Å²) in [5, 5.41) is 3.98. The fourth-order valence-electron chi connectivity index (χ4n) is 3.38. The monoisotopic (exact) mass is 436 g/mol. The number of para-hydroxylation sites is 1. The topological polar surface area (TPSA) is 66.0 Å². The third kappa shape index (κ3) is 3.92. The van der Waals surface area contributed by atoms with Crippen molar-refractivity contribution < 1.29 is 22.4 Å². The number of fused-ring (bicyclic) bond motifs is 1. The highest BCUT2D eigenvalue weighted by Gasteiger charge is 2.17. The summed E-state index contributed by atoms with van der Waals surface area (Å²) < 4.78 is 51.2. The van der Waals surface area contributed by atoms with Crippen LogP contribution in [0.3, 0.4) is 0 Å². The van der Waals surface area contributed by atoms with Gasteiger partial charge in [0.1, 0.15) is 23.0 Å². The summed E-state index contributed by atoms with van der Waals surface area (Å²) in [6, 6.07) is 16.1. The summed E-state index contributed by atoms with van der Waals surface area (Å²) in [6.45, 7) is -2.62. The Morgan fingerprint density at radius 3 is 2.47 bits per heavy atom. The molecule has 0 atom stereocenters. The minimum absolute atomic E-state index is 0.0177. The van der Waals surface area contributed by atoms with Crippen LogP contribution in [0.4, 0.5) is 13.2 Å². The lowest BCUT2D eigenvalue weighted by atomic mass is 10.1. The van der Waals surface area contributed by atoms with Gasteiger partial charge in [-0.15, -0.1) is 0 Å². The number of rotatable bonds is 6. The van der Waals surface area contributed by atoms with Crippen LogP contribution in [0.15, 0.2) is 77.6 Å². The predicted molar refractivity (Wildman–Crippen MR) is 110 cm³/mol. The van der Waals surface area contributed by atoms with Gasteiger partial charge in [-0.3, -0.25) is 0 Å². The van der Waals surface area contributed by atoms with Crippen molar-refractivity contribution in [3.63, 3.8) is 0 Å². The van der Waals surface area contributed by atoms with E-state index in [1.165, 1.54) is 12.1 Å². The molecule has 0 fully saturated rings. The van der Waals surface area contributed by atoms with Crippen LogP contribution in [0.5, 0.6) is 5.75 Å². The molecule has 1 aromatic heterocycles. The third-order valence-electron chi connectivity index (χ3n) is 4.82. The largest absolute Gasteiger partial charge is 0.434 e. The van der Waals surface area contributed by atoms with E-state index >= 15 is 0 Å². The summed E-state index contributed by atoms with van der Waals surface area (Å²) in [7, 11) is 0. The first-order chi connectivity index (χ1) is 15.6. The molecule has 32 heavy (non-hydrogen) atoms. The number of alkyl halides is 2. The smallest absolute Gasteiger partial charge is 0.387 e. The van der Waals surface area contributed by atoms with Gasteiger partial charge in [0.15, 0.2) is 11.6 Å². The van der Waals surface area contributed by atoms with Crippen molar-refractivity contribution in [2.75, 3.05) is 0 Å². The molecule has 160 valence electrons. The molecule has 3 aromatic rings. The van der Waals surface area contributed by atoms with Gasteiger partial charge in [0.25, 0.3) is 0 Å². The zero-order chi connectivity index (χ0) is 22.1. The maximum Gasteiger partial charge on any atom is 0.387 e. The average Bonchev–Trinajstić information content (AvgIpc) is 3.41. The first kappa shape index (κ1) is 19.8. The quantitative estimate of drug-likeness (QED) is 0.352. The van der Waals surface area contributed by atoms with Gasteiger partial charge in [-0.05, 0) is 30.3 Å². The van der Waals surface area contributed by atoms with Gasteiger partial charge in [-0.25, -0.2) is 14.4 Å². The molecule has 0 saturated carbocycles. The normalized spacial score (nSPS) is 11.4. The van der Waals surface area contributed by atoms with Crippen molar-refractivity contribution >= 4 is 0 Å². The van der Waals surface area contributed by atoms with Gasteiger partial charge in [0.05, 0.1) is 17.8 Å². The second kappa shape index (κ2) is 8.18. The second-order valence-corrected chi connectivity index (χ2v) is 6.97. The molecule has 0 aliphatic carbocycles. The number of imidazole rings is 1. The summed E-state index contributed by atoms with van der Waals surface area (Å²) >= 11 is 0. The Bertz CT molecular complexity index is 1350. The fraction of sp³-hybridized carbons (Fsp3) is 0.0870. The van der Waals surface area contributed by atoms with E-state index in [4.69, 9.17) is 4.52 Å². The Balaban J connectivity index is 1.40. The Labute approximate surface area is 180 Å². The second-order valence-electron chi connectivity index (χ2n) is 6.97. The molecule has 5 rings (SSSR count). The number of pyridine rings is 1. The minimum Gasteiger partial charge on any atom is -0.434 e. The number of aromatic nitrogens is 4. The molecule has 0 spiro atoms. The van der Waals surface area contributed by atoms with E-state index < -0.39 is 6.61 Å². The molecule has 6 nitrogen and oxygen atoms in total. The molecule has 2 aliphatic rings. The maximum absolute atomic E-state index is 14.1. The Morgan fingerprint density at radius 1 is 0.906 bits per heavy atom. The van der Waals surface area contributed by atoms with E-state index in [1.54, 1.807) is 60.9 Å². The summed E-state index contributed by atoms with van der Waals surface area (Å²) in [5.41, 5.74) is 2.35. The van der Waals surface area contributed by atoms with E-state index in [1.807, 2.05) is 4.57 Å². The van der Waals surface area contributed by atoms with Crippen LogP contribution >= 0.6 is 0 Å². The summed E-state index contributed by atoms with van der Waals surface area (Å²) in [5.74, 6) is 0.448. The van der Waals surface area contributed by atoms with Gasteiger partial charge >= 0.3 is 6.61 Å². The van der Waals surface area contributed by atoms with E-state index in [9.17, 15) is 13.2 Å². The molecule has 0 N–H and O–H groups in total. The van der Waals surface area contributed by atoms with Crippen LogP contribution < -0.4 is 4.74 Å². The van der Waals surface area contributed by atoms with Crippen LogP contribution in [-0.2, 0) is 6.54 Å². The van der Waals surface area contributed by atoms with Gasteiger partial charge in [0, 0.05) is 24.0 Å². The van der Waals surface area contributed by atoms with Crippen molar-refractivity contribution in [2.45, 2.75) is 13.2 Å². The van der Waals surface area contributed by atoms with Crippen molar-refractivity contribution in [3.05, 3.63) is 84.6 Å². The highest BCUT2D eigenvalue weighted by Crippen LogP contribution is 2.31. The molecule has 0 radical (unpaired) electrons. The molecule has 0 unspecified atom stereocenters. The SMILES string of the molecule is Fc1ccccc1-c1nc2ccn(Cc3cc(-c4ccccc4OC(F)F)no3)cc-2n1. The number of hydrogen-bond acceptors (Lipinski definition) is 5. The van der Waals surface area contributed by atoms with Crippen molar-refractivity contribution in [1.29, 1.82) is 0 Å². The predicted octanol–water partition coefficient (Wildman–Crippen LogP) is 5.49. The van der Waals surface area contributed by atoms with E-state index in [2.05, 4.69) is 19.9 Å². The zero-order valence-corrected chi connectivity index (χ0v) is 16.5. The standard InChI is InChI=1S/C23H15F3N4O2/c24-17-7-3-1-5-15(17)22-27-18-9-10-30(13-20(18)28-22)12-14-11-19(29-32-14)16-6-2-4-8-21(16)31-23(25)26/h1-11,13,23H,12H2. The highest BCUT2D eigenvalue weighted by atomic mass is 19.3. The van der Waals surface area contributed by atoms with Crippen LogP contribution in [0.25, 0.3) is 34.0 Å². The molecule has 2 aromatic carbocycles. The van der Waals surface area contributed by atoms with E-state index in [-0.39, 0.29) is 11.6 Å². The van der Waals surface area contributed by atoms with Crippen LogP contribution in [0, 0.1) is 5.82 Å². The van der Waals surface area contributed by atoms with Crippen molar-refractivity contribution in [2.24, 2.45) is 0 Å². The first-order valence-corrected chi connectivity index (χ1v) is 9.65. The highest BCUT2D eigenvalue weighted by molar-refractivity contribution is 5.67. The summed E-state index contributed by atoms with van der Waals surface area (Å²) in [6.07, 6.45) is 3.56. The number of ether oxygens (including phenoxy) is 1. The number of hydrogen-bond donors (Lipinski definition) is 0. The van der Waals surface area contributed by atoms with Crippen molar-refractivity contribution in [1.82, 2.24) is 19.7 Å². The average molecular weight is 436 g/mol. The lowest BCUT2D eigenvalue weighted by molar-refractivity contribution is -0.0494. The Kier molecular flexibility index (Phi) is 5.06. The lowest BCUT2D eigenvalue weighted by Crippen LogP contribution is -2.03. The molecule has 0 saturated heterocycles. The first-order valence-electron chi connectivity index (χ1n) is 9.65. The molecular formula is C23H15F3N4O2. The molecule has 2 aliphatic heterocycles. The lowest BCUT2D eigenvalue weighted by Gasteiger charge is -2.07. The number of halogens is 3. The van der Waals surface area contributed by atoms with Crippen molar-refractivity contribution in [3.8, 4) is 39.8 Å². The Morgan fingerprint density at radius 2 is 1.66 bits per heavy atom. The van der Waals surface area contributed by atoms with E-state index in [0.29, 0.717) is 46.3 Å². The minimum atomic E-state index is -2.94. The molecule has 3 heterocycles. The Hall–Kier alpha value is -4.14. The van der Waals surface area contributed by atoms with Gasteiger partial charge in [0.2, 0.25) is 0 Å². The molecule has 9 heteroatoms. The molecule has 0 amide bonds. The fourth-order valence-corrected chi connectivity index (χ4v) is 3.38. The van der Waals surface area contributed by atoms with Gasteiger partial charge < -0.3 is 13.8 Å². The van der Waals surface area contributed by atoms with Crippen LogP contribution in [0.2, 0.25) is 0 Å². The number of benzene rings is 2. The van der Waals surface area contributed by atoms with Crippen LogP contribution in [0.1, 0.15) is 5.76 Å². The van der Waals surface area contributed by atoms with Gasteiger partial charge in [-0.1, -0.05) is 29.4 Å². The number of nitrogens with zero attached hydrogens (tertiary/aromatic N) is 4.